The first-order valence-electron chi connectivity index (χ1n) is 8.50. The molecule has 2 heteroatoms. The van der Waals surface area contributed by atoms with Crippen molar-refractivity contribution < 1.29 is 0 Å². The molecule has 0 heterocycles. The smallest absolute Gasteiger partial charge is 0.0236 e. The maximum absolute atomic E-state index is 3.59. The van der Waals surface area contributed by atoms with Gasteiger partial charge in [-0.1, -0.05) is 38.1 Å². The van der Waals surface area contributed by atoms with Gasteiger partial charge in [-0.05, 0) is 70.8 Å². The third kappa shape index (κ3) is 7.63. The minimum absolute atomic E-state index is 0.200. The normalized spacial score (nSPS) is 12.1. The number of hydrogen-bond donors (Lipinski definition) is 1. The molecule has 0 spiro atoms. The Morgan fingerprint density at radius 3 is 2.05 bits per heavy atom. The van der Waals surface area contributed by atoms with Gasteiger partial charge in [-0.25, -0.2) is 0 Å². The number of benzene rings is 1. The van der Waals surface area contributed by atoms with Gasteiger partial charge in [0, 0.05) is 12.1 Å². The standard InChI is InChI=1S/C19H34N2/c1-6-14-21(15-7-2)16-18-11-9-8-10-17(18)12-13-20-19(3,4)5/h8-11,20H,6-7,12-16H2,1-5H3. The summed E-state index contributed by atoms with van der Waals surface area (Å²) in [6, 6.07) is 8.92. The Morgan fingerprint density at radius 2 is 1.52 bits per heavy atom. The topological polar surface area (TPSA) is 15.3 Å². The summed E-state index contributed by atoms with van der Waals surface area (Å²) in [5.41, 5.74) is 3.19. The van der Waals surface area contributed by atoms with Gasteiger partial charge in [0.05, 0.1) is 0 Å². The van der Waals surface area contributed by atoms with Crippen LogP contribution in [0.5, 0.6) is 0 Å². The van der Waals surface area contributed by atoms with Crippen LogP contribution >= 0.6 is 0 Å². The van der Waals surface area contributed by atoms with Gasteiger partial charge in [0.25, 0.3) is 0 Å². The summed E-state index contributed by atoms with van der Waals surface area (Å²) in [5, 5.41) is 3.59. The van der Waals surface area contributed by atoms with Crippen molar-refractivity contribution in [2.45, 2.75) is 66.0 Å². The Labute approximate surface area is 131 Å². The van der Waals surface area contributed by atoms with E-state index in [0.29, 0.717) is 0 Å². The van der Waals surface area contributed by atoms with Crippen molar-refractivity contribution in [1.82, 2.24) is 10.2 Å². The molecule has 0 radical (unpaired) electrons. The molecule has 0 atom stereocenters. The zero-order chi connectivity index (χ0) is 15.7. The number of hydrogen-bond acceptors (Lipinski definition) is 2. The summed E-state index contributed by atoms with van der Waals surface area (Å²) in [5.74, 6) is 0. The highest BCUT2D eigenvalue weighted by Crippen LogP contribution is 2.13. The van der Waals surface area contributed by atoms with Gasteiger partial charge < -0.3 is 5.32 Å². The van der Waals surface area contributed by atoms with Crippen LogP contribution in [0.3, 0.4) is 0 Å². The predicted molar refractivity (Wildman–Crippen MR) is 93.8 cm³/mol. The monoisotopic (exact) mass is 290 g/mol. The van der Waals surface area contributed by atoms with Crippen LogP contribution in [0.25, 0.3) is 0 Å². The van der Waals surface area contributed by atoms with Crippen LogP contribution in [0.2, 0.25) is 0 Å². The highest BCUT2D eigenvalue weighted by Gasteiger charge is 2.10. The summed E-state index contributed by atoms with van der Waals surface area (Å²) < 4.78 is 0. The summed E-state index contributed by atoms with van der Waals surface area (Å²) in [7, 11) is 0. The molecule has 0 aliphatic rings. The second kappa shape index (κ2) is 9.22. The van der Waals surface area contributed by atoms with Crippen LogP contribution in [-0.4, -0.2) is 30.1 Å². The summed E-state index contributed by atoms with van der Waals surface area (Å²) >= 11 is 0. The second-order valence-electron chi connectivity index (χ2n) is 6.97. The van der Waals surface area contributed by atoms with Crippen molar-refractivity contribution in [2.75, 3.05) is 19.6 Å². The Morgan fingerprint density at radius 1 is 0.952 bits per heavy atom. The van der Waals surface area contributed by atoms with Gasteiger partial charge in [0.1, 0.15) is 0 Å². The fourth-order valence-electron chi connectivity index (χ4n) is 2.67. The molecular weight excluding hydrogens is 256 g/mol. The maximum Gasteiger partial charge on any atom is 0.0236 e. The van der Waals surface area contributed by atoms with E-state index in [1.165, 1.54) is 37.1 Å². The van der Waals surface area contributed by atoms with Crippen molar-refractivity contribution >= 4 is 0 Å². The average molecular weight is 290 g/mol. The molecule has 0 saturated carbocycles. The van der Waals surface area contributed by atoms with E-state index >= 15 is 0 Å². The fraction of sp³-hybridized carbons (Fsp3) is 0.684. The van der Waals surface area contributed by atoms with Gasteiger partial charge in [-0.3, -0.25) is 4.90 Å². The van der Waals surface area contributed by atoms with Crippen LogP contribution in [0.1, 0.15) is 58.6 Å². The first-order valence-corrected chi connectivity index (χ1v) is 8.50. The summed E-state index contributed by atoms with van der Waals surface area (Å²) in [4.78, 5) is 2.58. The quantitative estimate of drug-likeness (QED) is 0.732. The SMILES string of the molecule is CCCN(CCC)Cc1ccccc1CCNC(C)(C)C. The van der Waals surface area contributed by atoms with Crippen LogP contribution in [0.15, 0.2) is 24.3 Å². The van der Waals surface area contributed by atoms with Crippen molar-refractivity contribution in [2.24, 2.45) is 0 Å². The fourth-order valence-corrected chi connectivity index (χ4v) is 2.67. The Hall–Kier alpha value is -0.860. The zero-order valence-electron chi connectivity index (χ0n) is 14.7. The zero-order valence-corrected chi connectivity index (χ0v) is 14.7. The minimum atomic E-state index is 0.200. The second-order valence-corrected chi connectivity index (χ2v) is 6.97. The van der Waals surface area contributed by atoms with Crippen molar-refractivity contribution in [3.8, 4) is 0 Å². The van der Waals surface area contributed by atoms with Crippen molar-refractivity contribution in [1.29, 1.82) is 0 Å². The molecule has 21 heavy (non-hydrogen) atoms. The van der Waals surface area contributed by atoms with Gasteiger partial charge in [-0.15, -0.1) is 0 Å². The highest BCUT2D eigenvalue weighted by molar-refractivity contribution is 5.27. The van der Waals surface area contributed by atoms with E-state index in [4.69, 9.17) is 0 Å². The van der Waals surface area contributed by atoms with Gasteiger partial charge >= 0.3 is 0 Å². The lowest BCUT2D eigenvalue weighted by Gasteiger charge is -2.24. The molecule has 0 amide bonds. The molecular formula is C19H34N2. The third-order valence-electron chi connectivity index (χ3n) is 3.64. The molecule has 1 aromatic rings. The molecule has 0 fully saturated rings. The molecule has 0 aromatic heterocycles. The largest absolute Gasteiger partial charge is 0.312 e. The molecule has 1 rings (SSSR count). The molecule has 1 N–H and O–H groups in total. The molecule has 0 bridgehead atoms. The number of rotatable bonds is 9. The Balaban J connectivity index is 2.65. The van der Waals surface area contributed by atoms with Crippen molar-refractivity contribution in [3.63, 3.8) is 0 Å². The minimum Gasteiger partial charge on any atom is -0.312 e. The molecule has 120 valence electrons. The lowest BCUT2D eigenvalue weighted by molar-refractivity contribution is 0.265. The van der Waals surface area contributed by atoms with Crippen LogP contribution < -0.4 is 5.32 Å². The Bertz CT molecular complexity index is 387. The van der Waals surface area contributed by atoms with E-state index in [1.807, 2.05) is 0 Å². The molecule has 0 aliphatic heterocycles. The number of nitrogens with one attached hydrogen (secondary N) is 1. The van der Waals surface area contributed by atoms with Crippen LogP contribution in [0.4, 0.5) is 0 Å². The van der Waals surface area contributed by atoms with E-state index in [-0.39, 0.29) is 5.54 Å². The van der Waals surface area contributed by atoms with Crippen LogP contribution in [-0.2, 0) is 13.0 Å². The summed E-state index contributed by atoms with van der Waals surface area (Å²) in [6.45, 7) is 15.7. The maximum atomic E-state index is 3.59. The average Bonchev–Trinajstić information content (AvgIpc) is 2.40. The van der Waals surface area contributed by atoms with Gasteiger partial charge in [0.2, 0.25) is 0 Å². The third-order valence-corrected chi connectivity index (χ3v) is 3.64. The first-order chi connectivity index (χ1) is 9.96. The van der Waals surface area contributed by atoms with Gasteiger partial charge in [-0.2, -0.15) is 0 Å². The first kappa shape index (κ1) is 18.2. The van der Waals surface area contributed by atoms with Crippen LogP contribution in [0, 0.1) is 0 Å². The van der Waals surface area contributed by atoms with Crippen molar-refractivity contribution in [3.05, 3.63) is 35.4 Å². The molecule has 0 unspecified atom stereocenters. The van der Waals surface area contributed by atoms with E-state index in [2.05, 4.69) is 69.1 Å². The lowest BCUT2D eigenvalue weighted by atomic mass is 10.0. The van der Waals surface area contributed by atoms with E-state index in [9.17, 15) is 0 Å². The number of nitrogens with zero attached hydrogens (tertiary/aromatic N) is 1. The van der Waals surface area contributed by atoms with Gasteiger partial charge in [0.15, 0.2) is 0 Å². The van der Waals surface area contributed by atoms with E-state index in [0.717, 1.165) is 19.5 Å². The molecule has 0 saturated heterocycles. The predicted octanol–water partition coefficient (Wildman–Crippen LogP) is 4.24. The van der Waals surface area contributed by atoms with E-state index < -0.39 is 0 Å². The Kier molecular flexibility index (Phi) is 7.98. The molecule has 0 aliphatic carbocycles. The summed E-state index contributed by atoms with van der Waals surface area (Å²) in [6.07, 6.45) is 3.57. The molecule has 2 nitrogen and oxygen atoms in total. The molecule has 1 aromatic carbocycles. The highest BCUT2D eigenvalue weighted by atomic mass is 15.1. The lowest BCUT2D eigenvalue weighted by Crippen LogP contribution is -2.37. The van der Waals surface area contributed by atoms with E-state index in [1.54, 1.807) is 0 Å².